The highest BCUT2D eigenvalue weighted by Gasteiger charge is 2.17. The van der Waals surface area contributed by atoms with Crippen molar-refractivity contribution in [3.05, 3.63) is 63.2 Å². The Labute approximate surface area is 169 Å². The van der Waals surface area contributed by atoms with Crippen molar-refractivity contribution in [2.24, 2.45) is 0 Å². The van der Waals surface area contributed by atoms with E-state index in [2.05, 4.69) is 19.2 Å². The summed E-state index contributed by atoms with van der Waals surface area (Å²) < 4.78 is 10.3. The van der Waals surface area contributed by atoms with Crippen LogP contribution in [0.4, 0.5) is 11.4 Å². The third-order valence-corrected chi connectivity index (χ3v) is 4.21. The largest absolute Gasteiger partial charge is 0.482 e. The number of rotatable bonds is 8. The van der Waals surface area contributed by atoms with Crippen molar-refractivity contribution in [2.45, 2.75) is 33.6 Å². The number of aryl methyl sites for hydroxylation is 2. The third kappa shape index (κ3) is 6.31. The van der Waals surface area contributed by atoms with Gasteiger partial charge in [-0.05, 0) is 54.7 Å². The molecule has 0 saturated carbocycles. The summed E-state index contributed by atoms with van der Waals surface area (Å²) in [5.41, 5.74) is 2.76. The minimum atomic E-state index is -0.718. The molecule has 8 heteroatoms. The summed E-state index contributed by atoms with van der Waals surface area (Å²) in [6.45, 7) is 6.94. The number of hydrogen-bond donors (Lipinski definition) is 1. The highest BCUT2D eigenvalue weighted by molar-refractivity contribution is 5.95. The van der Waals surface area contributed by atoms with E-state index in [4.69, 9.17) is 9.47 Å². The number of nitro benzene ring substituents is 1. The quantitative estimate of drug-likeness (QED) is 0.409. The number of ether oxygens (including phenoxy) is 2. The minimum absolute atomic E-state index is 0.0404. The van der Waals surface area contributed by atoms with E-state index in [1.165, 1.54) is 17.7 Å². The molecule has 0 aliphatic heterocycles. The maximum Gasteiger partial charge on any atom is 0.344 e. The molecule has 8 nitrogen and oxygen atoms in total. The Kier molecular flexibility index (Phi) is 7.30. The molecule has 0 aliphatic rings. The van der Waals surface area contributed by atoms with Crippen molar-refractivity contribution < 1.29 is 24.0 Å². The van der Waals surface area contributed by atoms with Gasteiger partial charge in [0.2, 0.25) is 0 Å². The molecule has 0 heterocycles. The van der Waals surface area contributed by atoms with Crippen molar-refractivity contribution >= 4 is 23.3 Å². The number of nitrogens with one attached hydrogen (secondary N) is 1. The SMILES string of the molecule is Cc1ccc(NC(=O)COC(=O)COc2ccc(C(C)C)c(C)c2)c([N+](=O)[O-])c1. The maximum absolute atomic E-state index is 11.9. The highest BCUT2D eigenvalue weighted by Crippen LogP contribution is 2.25. The number of benzene rings is 2. The molecular formula is C21H24N2O6. The van der Waals surface area contributed by atoms with Crippen LogP contribution in [0.25, 0.3) is 0 Å². The zero-order chi connectivity index (χ0) is 21.6. The third-order valence-electron chi connectivity index (χ3n) is 4.21. The van der Waals surface area contributed by atoms with Crippen LogP contribution >= 0.6 is 0 Å². The first-order valence-electron chi connectivity index (χ1n) is 9.11. The number of nitro groups is 1. The maximum atomic E-state index is 11.9. The topological polar surface area (TPSA) is 108 Å². The summed E-state index contributed by atoms with van der Waals surface area (Å²) in [7, 11) is 0. The molecule has 0 saturated heterocycles. The van der Waals surface area contributed by atoms with Crippen molar-refractivity contribution in [3.8, 4) is 5.75 Å². The molecule has 0 aliphatic carbocycles. The molecule has 2 aromatic carbocycles. The monoisotopic (exact) mass is 400 g/mol. The van der Waals surface area contributed by atoms with E-state index in [-0.39, 0.29) is 18.0 Å². The number of anilines is 1. The first-order valence-corrected chi connectivity index (χ1v) is 9.11. The molecule has 1 amide bonds. The number of amides is 1. The summed E-state index contributed by atoms with van der Waals surface area (Å²) in [4.78, 5) is 34.3. The van der Waals surface area contributed by atoms with Gasteiger partial charge in [0, 0.05) is 6.07 Å². The molecule has 0 fully saturated rings. The molecule has 0 unspecified atom stereocenters. The van der Waals surface area contributed by atoms with Gasteiger partial charge in [-0.25, -0.2) is 4.79 Å². The van der Waals surface area contributed by atoms with E-state index in [0.29, 0.717) is 17.2 Å². The fourth-order valence-corrected chi connectivity index (χ4v) is 2.80. The molecule has 0 spiro atoms. The number of carbonyl (C=O) groups is 2. The van der Waals surface area contributed by atoms with Gasteiger partial charge >= 0.3 is 5.97 Å². The Hall–Kier alpha value is -3.42. The predicted molar refractivity (Wildman–Crippen MR) is 108 cm³/mol. The van der Waals surface area contributed by atoms with Crippen LogP contribution in [0.1, 0.15) is 36.5 Å². The number of hydrogen-bond acceptors (Lipinski definition) is 6. The van der Waals surface area contributed by atoms with E-state index in [0.717, 1.165) is 5.56 Å². The average Bonchev–Trinajstić information content (AvgIpc) is 2.65. The lowest BCUT2D eigenvalue weighted by Crippen LogP contribution is -2.24. The fraction of sp³-hybridized carbons (Fsp3) is 0.333. The Morgan fingerprint density at radius 2 is 1.83 bits per heavy atom. The summed E-state index contributed by atoms with van der Waals surface area (Å²) in [6.07, 6.45) is 0. The first kappa shape index (κ1) is 21.9. The van der Waals surface area contributed by atoms with Gasteiger partial charge in [0.1, 0.15) is 11.4 Å². The van der Waals surface area contributed by atoms with E-state index in [1.54, 1.807) is 19.1 Å². The van der Waals surface area contributed by atoms with Gasteiger partial charge in [-0.1, -0.05) is 26.0 Å². The summed E-state index contributed by atoms with van der Waals surface area (Å²) in [6, 6.07) is 9.98. The highest BCUT2D eigenvalue weighted by atomic mass is 16.6. The van der Waals surface area contributed by atoms with Gasteiger partial charge < -0.3 is 14.8 Å². The Bertz CT molecular complexity index is 923. The molecule has 0 bridgehead atoms. The zero-order valence-electron chi connectivity index (χ0n) is 16.9. The normalized spacial score (nSPS) is 10.5. The lowest BCUT2D eigenvalue weighted by molar-refractivity contribution is -0.384. The van der Waals surface area contributed by atoms with Crippen molar-refractivity contribution in [2.75, 3.05) is 18.5 Å². The van der Waals surface area contributed by atoms with Crippen molar-refractivity contribution in [1.29, 1.82) is 0 Å². The number of esters is 1. The van der Waals surface area contributed by atoms with E-state index in [9.17, 15) is 19.7 Å². The molecule has 1 N–H and O–H groups in total. The second-order valence-corrected chi connectivity index (χ2v) is 6.95. The van der Waals surface area contributed by atoms with Gasteiger partial charge in [0.25, 0.3) is 11.6 Å². The Morgan fingerprint density at radius 1 is 1.10 bits per heavy atom. The Balaban J connectivity index is 1.84. The van der Waals surface area contributed by atoms with Crippen molar-refractivity contribution in [1.82, 2.24) is 0 Å². The molecule has 0 radical (unpaired) electrons. The summed E-state index contributed by atoms with van der Waals surface area (Å²) >= 11 is 0. The first-order chi connectivity index (χ1) is 13.7. The summed E-state index contributed by atoms with van der Waals surface area (Å²) in [5, 5.41) is 13.4. The van der Waals surface area contributed by atoms with Crippen molar-refractivity contribution in [3.63, 3.8) is 0 Å². The molecule has 154 valence electrons. The van der Waals surface area contributed by atoms with Gasteiger partial charge in [-0.15, -0.1) is 0 Å². The van der Waals surface area contributed by atoms with E-state index < -0.39 is 23.4 Å². The van der Waals surface area contributed by atoms with Crippen LogP contribution in [0.3, 0.4) is 0 Å². The van der Waals surface area contributed by atoms with Gasteiger partial charge in [-0.2, -0.15) is 0 Å². The number of carbonyl (C=O) groups excluding carboxylic acids is 2. The van der Waals surface area contributed by atoms with E-state index in [1.807, 2.05) is 19.1 Å². The molecule has 2 aromatic rings. The molecular weight excluding hydrogens is 376 g/mol. The second kappa shape index (κ2) is 9.68. The molecule has 29 heavy (non-hydrogen) atoms. The van der Waals surface area contributed by atoms with Gasteiger partial charge in [0.15, 0.2) is 13.2 Å². The van der Waals surface area contributed by atoms with Gasteiger partial charge in [0.05, 0.1) is 4.92 Å². The van der Waals surface area contributed by atoms with Crippen LogP contribution in [0, 0.1) is 24.0 Å². The summed E-state index contributed by atoms with van der Waals surface area (Å²) in [5.74, 6) is -0.480. The standard InChI is InChI=1S/C21H24N2O6/c1-13(2)17-7-6-16(10-15(17)4)28-12-21(25)29-11-20(24)22-18-8-5-14(3)9-19(18)23(26)27/h5-10,13H,11-12H2,1-4H3,(H,22,24). The lowest BCUT2D eigenvalue weighted by Gasteiger charge is -2.12. The average molecular weight is 400 g/mol. The zero-order valence-corrected chi connectivity index (χ0v) is 16.9. The van der Waals surface area contributed by atoms with E-state index >= 15 is 0 Å². The minimum Gasteiger partial charge on any atom is -0.482 e. The van der Waals surface area contributed by atoms with Gasteiger partial charge in [-0.3, -0.25) is 14.9 Å². The number of nitrogens with zero attached hydrogens (tertiary/aromatic N) is 1. The molecule has 0 atom stereocenters. The molecule has 2 rings (SSSR count). The van der Waals surface area contributed by atoms with Crippen LogP contribution in [0.5, 0.6) is 5.75 Å². The smallest absolute Gasteiger partial charge is 0.344 e. The molecule has 0 aromatic heterocycles. The predicted octanol–water partition coefficient (Wildman–Crippen LogP) is 3.90. The fourth-order valence-electron chi connectivity index (χ4n) is 2.80. The second-order valence-electron chi connectivity index (χ2n) is 6.95. The van der Waals surface area contributed by atoms with Crippen LogP contribution in [0.15, 0.2) is 36.4 Å². The Morgan fingerprint density at radius 3 is 2.45 bits per heavy atom. The lowest BCUT2D eigenvalue weighted by atomic mass is 9.98. The van der Waals surface area contributed by atoms with Crippen LogP contribution in [0.2, 0.25) is 0 Å². The van der Waals surface area contributed by atoms with Crippen LogP contribution < -0.4 is 10.1 Å². The van der Waals surface area contributed by atoms with Crippen LogP contribution in [-0.2, 0) is 14.3 Å². The van der Waals surface area contributed by atoms with Crippen LogP contribution in [-0.4, -0.2) is 30.0 Å².